The molecule has 0 spiro atoms. The molecule has 2 aliphatic rings. The second-order valence-corrected chi connectivity index (χ2v) is 7.22. The highest BCUT2D eigenvalue weighted by molar-refractivity contribution is 5.76. The van der Waals surface area contributed by atoms with Crippen LogP contribution in [0.2, 0.25) is 0 Å². The molecule has 5 heteroatoms. The number of amides is 1. The molecule has 0 N–H and O–H groups in total. The summed E-state index contributed by atoms with van der Waals surface area (Å²) >= 11 is 0. The normalized spacial score (nSPS) is 21.1. The molecular formula is C20H30N2O3. The van der Waals surface area contributed by atoms with E-state index in [4.69, 9.17) is 9.47 Å². The summed E-state index contributed by atoms with van der Waals surface area (Å²) < 4.78 is 11.5. The molecule has 5 nitrogen and oxygen atoms in total. The van der Waals surface area contributed by atoms with E-state index < -0.39 is 0 Å². The monoisotopic (exact) mass is 346 g/mol. The molecule has 1 aromatic carbocycles. The van der Waals surface area contributed by atoms with E-state index in [1.54, 1.807) is 0 Å². The van der Waals surface area contributed by atoms with Crippen molar-refractivity contribution in [2.24, 2.45) is 0 Å². The lowest BCUT2D eigenvalue weighted by atomic mass is 10.1. The molecule has 2 heterocycles. The fourth-order valence-electron chi connectivity index (χ4n) is 3.63. The third-order valence-electron chi connectivity index (χ3n) is 5.23. The lowest BCUT2D eigenvalue weighted by Gasteiger charge is -2.35. The van der Waals surface area contributed by atoms with Crippen molar-refractivity contribution in [3.8, 4) is 5.75 Å². The SMILES string of the molecule is Cc1cccc(OC2CCN(C(=O)C[C@@H](C)N3CCOCC3)CC2)c1. The van der Waals surface area contributed by atoms with Gasteiger partial charge in [-0.3, -0.25) is 9.69 Å². The van der Waals surface area contributed by atoms with E-state index in [9.17, 15) is 4.79 Å². The van der Waals surface area contributed by atoms with E-state index in [1.807, 2.05) is 17.0 Å². The first kappa shape index (κ1) is 18.2. The Labute approximate surface area is 150 Å². The lowest BCUT2D eigenvalue weighted by Crippen LogP contribution is -2.47. The predicted molar refractivity (Wildman–Crippen MR) is 97.9 cm³/mol. The van der Waals surface area contributed by atoms with Gasteiger partial charge in [0.25, 0.3) is 0 Å². The van der Waals surface area contributed by atoms with Gasteiger partial charge in [0.05, 0.1) is 13.2 Å². The maximum Gasteiger partial charge on any atom is 0.224 e. The summed E-state index contributed by atoms with van der Waals surface area (Å²) in [5.74, 6) is 1.21. The molecule has 138 valence electrons. The Morgan fingerprint density at radius 3 is 2.64 bits per heavy atom. The number of hydrogen-bond acceptors (Lipinski definition) is 4. The topological polar surface area (TPSA) is 42.0 Å². The molecule has 1 aromatic rings. The van der Waals surface area contributed by atoms with Crippen molar-refractivity contribution < 1.29 is 14.3 Å². The number of carbonyl (C=O) groups is 1. The van der Waals surface area contributed by atoms with Crippen LogP contribution in [0, 0.1) is 6.92 Å². The minimum absolute atomic E-state index is 0.211. The van der Waals surface area contributed by atoms with Crippen LogP contribution in [-0.2, 0) is 9.53 Å². The Morgan fingerprint density at radius 1 is 1.24 bits per heavy atom. The Morgan fingerprint density at radius 2 is 1.96 bits per heavy atom. The maximum absolute atomic E-state index is 12.6. The summed E-state index contributed by atoms with van der Waals surface area (Å²) in [5, 5.41) is 0. The Hall–Kier alpha value is -1.59. The van der Waals surface area contributed by atoms with E-state index in [2.05, 4.69) is 30.9 Å². The highest BCUT2D eigenvalue weighted by atomic mass is 16.5. The molecule has 1 atom stereocenters. The summed E-state index contributed by atoms with van der Waals surface area (Å²) in [4.78, 5) is 17.0. The molecule has 2 aliphatic heterocycles. The molecule has 0 bridgehead atoms. The van der Waals surface area contributed by atoms with Crippen molar-refractivity contribution in [2.75, 3.05) is 39.4 Å². The summed E-state index contributed by atoms with van der Waals surface area (Å²) in [5.41, 5.74) is 1.21. The molecular weight excluding hydrogens is 316 g/mol. The standard InChI is InChI=1S/C20H30N2O3/c1-16-4-3-5-19(14-16)25-18-6-8-22(9-7-18)20(23)15-17(2)21-10-12-24-13-11-21/h3-5,14,17-18H,6-13,15H2,1-2H3/t17-/m1/s1. The third-order valence-corrected chi connectivity index (χ3v) is 5.23. The van der Waals surface area contributed by atoms with Gasteiger partial charge < -0.3 is 14.4 Å². The Kier molecular flexibility index (Phi) is 6.32. The summed E-state index contributed by atoms with van der Waals surface area (Å²) in [6.45, 7) is 9.24. The van der Waals surface area contributed by atoms with E-state index in [0.29, 0.717) is 6.42 Å². The first-order valence-corrected chi connectivity index (χ1v) is 9.45. The molecule has 0 aromatic heterocycles. The van der Waals surface area contributed by atoms with Crippen molar-refractivity contribution in [1.82, 2.24) is 9.80 Å². The van der Waals surface area contributed by atoms with Gasteiger partial charge in [-0.1, -0.05) is 12.1 Å². The molecule has 0 radical (unpaired) electrons. The van der Waals surface area contributed by atoms with Gasteiger partial charge in [0.2, 0.25) is 5.91 Å². The molecule has 0 aliphatic carbocycles. The van der Waals surface area contributed by atoms with Crippen molar-refractivity contribution in [3.63, 3.8) is 0 Å². The minimum atomic E-state index is 0.211. The van der Waals surface area contributed by atoms with Gasteiger partial charge in [0, 0.05) is 51.5 Å². The number of aryl methyl sites for hydroxylation is 1. The van der Waals surface area contributed by atoms with Gasteiger partial charge >= 0.3 is 0 Å². The van der Waals surface area contributed by atoms with Crippen LogP contribution in [-0.4, -0.2) is 67.2 Å². The Balaban J connectivity index is 1.42. The molecule has 0 saturated carbocycles. The molecule has 3 rings (SSSR count). The van der Waals surface area contributed by atoms with Gasteiger partial charge in [-0.15, -0.1) is 0 Å². The second-order valence-electron chi connectivity index (χ2n) is 7.22. The average Bonchev–Trinajstić information content (AvgIpc) is 2.63. The highest BCUT2D eigenvalue weighted by Gasteiger charge is 2.26. The lowest BCUT2D eigenvalue weighted by molar-refractivity contribution is -0.134. The molecule has 2 saturated heterocycles. The van der Waals surface area contributed by atoms with Crippen LogP contribution < -0.4 is 4.74 Å². The number of morpholine rings is 1. The van der Waals surface area contributed by atoms with Crippen LogP contribution in [0.3, 0.4) is 0 Å². The van der Waals surface area contributed by atoms with Crippen LogP contribution in [0.5, 0.6) is 5.75 Å². The summed E-state index contributed by atoms with van der Waals surface area (Å²) in [6.07, 6.45) is 2.63. The van der Waals surface area contributed by atoms with E-state index >= 15 is 0 Å². The van der Waals surface area contributed by atoms with Crippen LogP contribution in [0.1, 0.15) is 31.7 Å². The summed E-state index contributed by atoms with van der Waals surface area (Å²) in [7, 11) is 0. The summed E-state index contributed by atoms with van der Waals surface area (Å²) in [6, 6.07) is 8.47. The van der Waals surface area contributed by atoms with Crippen molar-refractivity contribution in [1.29, 1.82) is 0 Å². The third kappa shape index (κ3) is 5.19. The zero-order valence-electron chi connectivity index (χ0n) is 15.4. The highest BCUT2D eigenvalue weighted by Crippen LogP contribution is 2.21. The largest absolute Gasteiger partial charge is 0.490 e. The zero-order chi connectivity index (χ0) is 17.6. The van der Waals surface area contributed by atoms with Gasteiger partial charge in [-0.2, -0.15) is 0 Å². The first-order valence-electron chi connectivity index (χ1n) is 9.45. The second kappa shape index (κ2) is 8.68. The molecule has 2 fully saturated rings. The fourth-order valence-corrected chi connectivity index (χ4v) is 3.63. The van der Waals surface area contributed by atoms with E-state index in [0.717, 1.165) is 58.0 Å². The van der Waals surface area contributed by atoms with Gasteiger partial charge in [-0.25, -0.2) is 0 Å². The van der Waals surface area contributed by atoms with Crippen molar-refractivity contribution in [3.05, 3.63) is 29.8 Å². The van der Waals surface area contributed by atoms with Crippen molar-refractivity contribution in [2.45, 2.75) is 45.3 Å². The number of likely N-dealkylation sites (tertiary alicyclic amines) is 1. The minimum Gasteiger partial charge on any atom is -0.490 e. The van der Waals surface area contributed by atoms with Gasteiger partial charge in [0.1, 0.15) is 11.9 Å². The van der Waals surface area contributed by atoms with Crippen LogP contribution in [0.4, 0.5) is 0 Å². The van der Waals surface area contributed by atoms with Gasteiger partial charge in [0.15, 0.2) is 0 Å². The van der Waals surface area contributed by atoms with Crippen LogP contribution in [0.15, 0.2) is 24.3 Å². The number of piperidine rings is 1. The number of hydrogen-bond donors (Lipinski definition) is 0. The number of benzene rings is 1. The Bertz CT molecular complexity index is 564. The average molecular weight is 346 g/mol. The van der Waals surface area contributed by atoms with Crippen LogP contribution >= 0.6 is 0 Å². The quantitative estimate of drug-likeness (QED) is 0.821. The fraction of sp³-hybridized carbons (Fsp3) is 0.650. The predicted octanol–water partition coefficient (Wildman–Crippen LogP) is 2.48. The van der Waals surface area contributed by atoms with E-state index in [-0.39, 0.29) is 18.1 Å². The van der Waals surface area contributed by atoms with Crippen molar-refractivity contribution >= 4 is 5.91 Å². The van der Waals surface area contributed by atoms with Crippen LogP contribution in [0.25, 0.3) is 0 Å². The number of ether oxygens (including phenoxy) is 2. The van der Waals surface area contributed by atoms with E-state index in [1.165, 1.54) is 5.56 Å². The number of rotatable bonds is 5. The first-order chi connectivity index (χ1) is 12.1. The number of nitrogens with zero attached hydrogens (tertiary/aromatic N) is 2. The molecule has 0 unspecified atom stereocenters. The number of carbonyl (C=O) groups excluding carboxylic acids is 1. The maximum atomic E-state index is 12.6. The zero-order valence-corrected chi connectivity index (χ0v) is 15.4. The molecule has 1 amide bonds. The smallest absolute Gasteiger partial charge is 0.224 e. The van der Waals surface area contributed by atoms with Gasteiger partial charge in [-0.05, 0) is 31.5 Å². The molecule has 25 heavy (non-hydrogen) atoms.